The number of aliphatic hydroxyl groups is 2. The summed E-state index contributed by atoms with van der Waals surface area (Å²) in [6.07, 6.45) is -1.07. The van der Waals surface area contributed by atoms with Crippen LogP contribution in [0.25, 0.3) is 0 Å². The molecule has 0 aromatic carbocycles. The zero-order chi connectivity index (χ0) is 13.4. The topological polar surface area (TPSA) is 87.6 Å². The van der Waals surface area contributed by atoms with E-state index in [0.29, 0.717) is 13.1 Å². The van der Waals surface area contributed by atoms with Crippen LogP contribution >= 0.6 is 0 Å². The summed E-state index contributed by atoms with van der Waals surface area (Å²) < 4.78 is 0. The molecule has 4 amide bonds. The maximum Gasteiger partial charge on any atom is 0.327 e. The number of nitrogens with zero attached hydrogens (tertiary/aromatic N) is 4. The first-order valence-electron chi connectivity index (χ1n) is 5.98. The van der Waals surface area contributed by atoms with Crippen molar-refractivity contribution in [3.8, 4) is 0 Å². The lowest BCUT2D eigenvalue weighted by Gasteiger charge is -2.27. The predicted molar refractivity (Wildman–Crippen MR) is 61.0 cm³/mol. The van der Waals surface area contributed by atoms with Crippen molar-refractivity contribution >= 4 is 12.1 Å². The van der Waals surface area contributed by atoms with E-state index in [4.69, 9.17) is 0 Å². The second-order valence-corrected chi connectivity index (χ2v) is 4.19. The van der Waals surface area contributed by atoms with Gasteiger partial charge in [0.2, 0.25) is 0 Å². The van der Waals surface area contributed by atoms with E-state index in [1.165, 1.54) is 19.6 Å². The summed E-state index contributed by atoms with van der Waals surface area (Å²) >= 11 is 0. The summed E-state index contributed by atoms with van der Waals surface area (Å²) in [5.41, 5.74) is 0. The molecule has 2 atom stereocenters. The molecule has 0 aromatic rings. The van der Waals surface area contributed by atoms with Crippen molar-refractivity contribution in [2.45, 2.75) is 26.2 Å². The lowest BCUT2D eigenvalue weighted by molar-refractivity contribution is 0.0553. The number of rotatable bonds is 4. The standard InChI is InChI=1S/C10H18N4O4/c1-3-11-7-8(12(4-2)9(11)17)14(6-16)10(18)13(7)5-15/h7-8,15-16H,3-6H2,1-2H3/t7-,8-/m0/s1. The molecular formula is C10H18N4O4. The number of likely N-dealkylation sites (N-methyl/N-ethyl adjacent to an activating group) is 2. The molecule has 0 aromatic heterocycles. The quantitative estimate of drug-likeness (QED) is 0.681. The van der Waals surface area contributed by atoms with Crippen molar-refractivity contribution in [2.24, 2.45) is 0 Å². The van der Waals surface area contributed by atoms with E-state index >= 15 is 0 Å². The van der Waals surface area contributed by atoms with Gasteiger partial charge in [0.1, 0.15) is 13.5 Å². The molecule has 2 rings (SSSR count). The van der Waals surface area contributed by atoms with E-state index in [2.05, 4.69) is 0 Å². The Morgan fingerprint density at radius 2 is 1.17 bits per heavy atom. The summed E-state index contributed by atoms with van der Waals surface area (Å²) in [5, 5.41) is 18.6. The molecule has 102 valence electrons. The Hall–Kier alpha value is -1.54. The molecular weight excluding hydrogens is 240 g/mol. The molecule has 0 saturated carbocycles. The smallest absolute Gasteiger partial charge is 0.327 e. The van der Waals surface area contributed by atoms with E-state index in [0.717, 1.165) is 0 Å². The fourth-order valence-corrected chi connectivity index (χ4v) is 2.70. The molecule has 2 heterocycles. The first-order valence-corrected chi connectivity index (χ1v) is 5.98. The van der Waals surface area contributed by atoms with Crippen molar-refractivity contribution in [1.82, 2.24) is 19.6 Å². The normalized spacial score (nSPS) is 27.6. The van der Waals surface area contributed by atoms with Crippen LogP contribution in [0.4, 0.5) is 9.59 Å². The largest absolute Gasteiger partial charge is 0.376 e. The Labute approximate surface area is 105 Å². The van der Waals surface area contributed by atoms with Gasteiger partial charge in [-0.05, 0) is 13.8 Å². The van der Waals surface area contributed by atoms with Crippen molar-refractivity contribution in [2.75, 3.05) is 26.6 Å². The molecule has 0 unspecified atom stereocenters. The number of fused-ring (bicyclic) bond motifs is 1. The Morgan fingerprint density at radius 1 is 0.833 bits per heavy atom. The van der Waals surface area contributed by atoms with E-state index in [-0.39, 0.29) is 6.03 Å². The number of carbonyl (C=O) groups excluding carboxylic acids is 2. The zero-order valence-corrected chi connectivity index (χ0v) is 10.5. The number of amides is 4. The van der Waals surface area contributed by atoms with Gasteiger partial charge < -0.3 is 20.0 Å². The van der Waals surface area contributed by atoms with Gasteiger partial charge in [-0.1, -0.05) is 0 Å². The van der Waals surface area contributed by atoms with Gasteiger partial charge in [0.15, 0.2) is 12.3 Å². The average Bonchev–Trinajstić information content (AvgIpc) is 2.78. The Kier molecular flexibility index (Phi) is 3.31. The molecule has 0 radical (unpaired) electrons. The van der Waals surface area contributed by atoms with Crippen LogP contribution in [-0.4, -0.2) is 80.8 Å². The zero-order valence-electron chi connectivity index (χ0n) is 10.5. The van der Waals surface area contributed by atoms with Crippen molar-refractivity contribution < 1.29 is 19.8 Å². The fraction of sp³-hybridized carbons (Fsp3) is 0.800. The lowest BCUT2D eigenvalue weighted by atomic mass is 10.3. The maximum absolute atomic E-state index is 12.1. The fourth-order valence-electron chi connectivity index (χ4n) is 2.70. The summed E-state index contributed by atoms with van der Waals surface area (Å²) in [5.74, 6) is 0. The Morgan fingerprint density at radius 3 is 1.44 bits per heavy atom. The average molecular weight is 258 g/mol. The van der Waals surface area contributed by atoms with Gasteiger partial charge in [0.05, 0.1) is 0 Å². The monoisotopic (exact) mass is 258 g/mol. The van der Waals surface area contributed by atoms with Crippen LogP contribution in [0.2, 0.25) is 0 Å². The van der Waals surface area contributed by atoms with Crippen LogP contribution in [0.3, 0.4) is 0 Å². The van der Waals surface area contributed by atoms with Gasteiger partial charge >= 0.3 is 12.1 Å². The highest BCUT2D eigenvalue weighted by Gasteiger charge is 2.57. The van der Waals surface area contributed by atoms with E-state index in [1.54, 1.807) is 0 Å². The van der Waals surface area contributed by atoms with E-state index in [9.17, 15) is 19.8 Å². The summed E-state index contributed by atoms with van der Waals surface area (Å²) in [7, 11) is 0. The Balaban J connectivity index is 2.41. The van der Waals surface area contributed by atoms with Crippen molar-refractivity contribution in [3.63, 3.8) is 0 Å². The number of carbonyl (C=O) groups is 2. The van der Waals surface area contributed by atoms with Gasteiger partial charge in [-0.2, -0.15) is 0 Å². The predicted octanol–water partition coefficient (Wildman–Crippen LogP) is -0.947. The minimum Gasteiger partial charge on any atom is -0.376 e. The third-order valence-corrected chi connectivity index (χ3v) is 3.51. The van der Waals surface area contributed by atoms with Crippen LogP contribution in [0.5, 0.6) is 0 Å². The number of hydrogen-bond donors (Lipinski definition) is 2. The van der Waals surface area contributed by atoms with Crippen LogP contribution in [-0.2, 0) is 0 Å². The molecule has 2 N–H and O–H groups in total. The Bertz CT molecular complexity index is 302. The van der Waals surface area contributed by atoms with Crippen molar-refractivity contribution in [1.29, 1.82) is 0 Å². The molecule has 2 fully saturated rings. The van der Waals surface area contributed by atoms with Gasteiger partial charge in [0.25, 0.3) is 0 Å². The second kappa shape index (κ2) is 4.62. The molecule has 18 heavy (non-hydrogen) atoms. The highest BCUT2D eigenvalue weighted by Crippen LogP contribution is 2.33. The van der Waals surface area contributed by atoms with E-state index < -0.39 is 31.8 Å². The third-order valence-electron chi connectivity index (χ3n) is 3.51. The molecule has 0 spiro atoms. The SMILES string of the molecule is CCN1C(=O)N(CC)[C@@H]2[C@@H]1N(CO)C(=O)N2CO. The maximum atomic E-state index is 12.1. The molecule has 2 aliphatic heterocycles. The van der Waals surface area contributed by atoms with Crippen LogP contribution in [0.15, 0.2) is 0 Å². The minimum absolute atomic E-state index is 0.181. The van der Waals surface area contributed by atoms with Gasteiger partial charge in [-0.25, -0.2) is 9.59 Å². The van der Waals surface area contributed by atoms with Crippen molar-refractivity contribution in [3.05, 3.63) is 0 Å². The highest BCUT2D eigenvalue weighted by molar-refractivity contribution is 5.85. The number of aliphatic hydroxyl groups excluding tert-OH is 2. The summed E-state index contributed by atoms with van der Waals surface area (Å²) in [6.45, 7) is 3.57. The molecule has 0 bridgehead atoms. The van der Waals surface area contributed by atoms with E-state index in [1.807, 2.05) is 13.8 Å². The van der Waals surface area contributed by atoms with Crippen LogP contribution in [0, 0.1) is 0 Å². The molecule has 8 heteroatoms. The first-order chi connectivity index (χ1) is 8.62. The highest BCUT2D eigenvalue weighted by atomic mass is 16.3. The second-order valence-electron chi connectivity index (χ2n) is 4.19. The third kappa shape index (κ3) is 1.45. The van der Waals surface area contributed by atoms with Gasteiger partial charge in [-0.3, -0.25) is 9.80 Å². The molecule has 2 saturated heterocycles. The minimum atomic E-state index is -0.535. The summed E-state index contributed by atoms with van der Waals surface area (Å²) in [4.78, 5) is 29.5. The molecule has 2 aliphatic rings. The lowest BCUT2D eigenvalue weighted by Crippen LogP contribution is -2.47. The first kappa shape index (κ1) is 12.9. The van der Waals surface area contributed by atoms with Gasteiger partial charge in [-0.15, -0.1) is 0 Å². The van der Waals surface area contributed by atoms with Gasteiger partial charge in [0, 0.05) is 13.1 Å². The summed E-state index contributed by atoms with van der Waals surface area (Å²) in [6, 6.07) is -0.640. The molecule has 8 nitrogen and oxygen atoms in total. The van der Waals surface area contributed by atoms with Crippen LogP contribution < -0.4 is 0 Å². The van der Waals surface area contributed by atoms with Crippen LogP contribution in [0.1, 0.15) is 13.8 Å². The number of hydrogen-bond acceptors (Lipinski definition) is 4. The molecule has 0 aliphatic carbocycles. The number of urea groups is 2.